The molecule has 1 aromatic carbocycles. The predicted octanol–water partition coefficient (Wildman–Crippen LogP) is 4.34. The highest BCUT2D eigenvalue weighted by Crippen LogP contribution is 2.27. The van der Waals surface area contributed by atoms with E-state index in [2.05, 4.69) is 15.5 Å². The number of amides is 1. The first-order valence-corrected chi connectivity index (χ1v) is 7.74. The average Bonchev–Trinajstić information content (AvgIpc) is 3.08. The summed E-state index contributed by atoms with van der Waals surface area (Å²) in [6, 6.07) is 10.4. The second kappa shape index (κ2) is 7.17. The zero-order valence-electron chi connectivity index (χ0n) is 13.0. The molecule has 0 unspecified atom stereocenters. The third kappa shape index (κ3) is 4.20. The van der Waals surface area contributed by atoms with Crippen LogP contribution in [0.2, 0.25) is 5.02 Å². The maximum absolute atomic E-state index is 12.5. The van der Waals surface area contributed by atoms with Gasteiger partial charge in [0.1, 0.15) is 11.4 Å². The molecule has 1 amide bonds. The summed E-state index contributed by atoms with van der Waals surface area (Å²) < 4.78 is 42.5. The molecule has 1 N–H and O–H groups in total. The second-order valence-corrected chi connectivity index (χ2v) is 5.73. The summed E-state index contributed by atoms with van der Waals surface area (Å²) in [6.45, 7) is 0.0282. The minimum atomic E-state index is -4.55. The fraction of sp³-hybridized carbons (Fsp3) is 0.118. The molecule has 26 heavy (non-hydrogen) atoms. The van der Waals surface area contributed by atoms with Crippen LogP contribution in [0.3, 0.4) is 0 Å². The molecule has 0 aliphatic heterocycles. The number of hydrogen-bond acceptors (Lipinski definition) is 4. The molecule has 3 aromatic rings. The van der Waals surface area contributed by atoms with E-state index >= 15 is 0 Å². The Kier molecular flexibility index (Phi) is 4.94. The lowest BCUT2D eigenvalue weighted by atomic mass is 10.1. The fourth-order valence-electron chi connectivity index (χ4n) is 2.12. The summed E-state index contributed by atoms with van der Waals surface area (Å²) in [7, 11) is 0. The maximum atomic E-state index is 12.5. The van der Waals surface area contributed by atoms with Crippen molar-refractivity contribution >= 4 is 17.5 Å². The Morgan fingerprint density at radius 2 is 1.88 bits per heavy atom. The van der Waals surface area contributed by atoms with Crippen LogP contribution in [0.1, 0.15) is 21.8 Å². The zero-order chi connectivity index (χ0) is 18.7. The van der Waals surface area contributed by atoms with Crippen LogP contribution in [-0.4, -0.2) is 16.0 Å². The third-order valence-electron chi connectivity index (χ3n) is 3.44. The van der Waals surface area contributed by atoms with Crippen molar-refractivity contribution in [2.24, 2.45) is 0 Å². The first kappa shape index (κ1) is 17.9. The predicted molar refractivity (Wildman–Crippen MR) is 87.4 cm³/mol. The van der Waals surface area contributed by atoms with E-state index in [1.165, 1.54) is 0 Å². The topological polar surface area (TPSA) is 68.0 Å². The molecular formula is C17H11ClF3N3O2. The number of benzene rings is 1. The van der Waals surface area contributed by atoms with Gasteiger partial charge in [-0.25, -0.2) is 0 Å². The molecule has 3 rings (SSSR count). The molecule has 0 bridgehead atoms. The van der Waals surface area contributed by atoms with Crippen LogP contribution in [0, 0.1) is 0 Å². The van der Waals surface area contributed by atoms with Crippen LogP contribution in [-0.2, 0) is 12.7 Å². The molecular weight excluding hydrogens is 371 g/mol. The summed E-state index contributed by atoms with van der Waals surface area (Å²) in [6.07, 6.45) is -3.68. The number of alkyl halides is 3. The molecule has 5 nitrogen and oxygen atoms in total. The molecule has 2 heterocycles. The van der Waals surface area contributed by atoms with E-state index in [0.29, 0.717) is 16.5 Å². The number of rotatable bonds is 4. The van der Waals surface area contributed by atoms with Crippen molar-refractivity contribution in [3.8, 4) is 11.3 Å². The molecule has 0 saturated carbocycles. The van der Waals surface area contributed by atoms with Gasteiger partial charge in [-0.1, -0.05) is 28.9 Å². The SMILES string of the molecule is O=C(NCc1cc(-c2ccc(Cl)cc2)no1)c1ccc(C(F)(F)F)nc1. The third-order valence-corrected chi connectivity index (χ3v) is 3.69. The number of nitrogens with one attached hydrogen (secondary N) is 1. The first-order valence-electron chi connectivity index (χ1n) is 7.36. The molecule has 9 heteroatoms. The maximum Gasteiger partial charge on any atom is 0.433 e. The lowest BCUT2D eigenvalue weighted by Gasteiger charge is -2.06. The van der Waals surface area contributed by atoms with Crippen LogP contribution >= 0.6 is 11.6 Å². The Morgan fingerprint density at radius 3 is 2.50 bits per heavy atom. The summed E-state index contributed by atoms with van der Waals surface area (Å²) in [4.78, 5) is 15.2. The Hall–Kier alpha value is -2.87. The van der Waals surface area contributed by atoms with Gasteiger partial charge in [0.2, 0.25) is 0 Å². The van der Waals surface area contributed by atoms with Crippen LogP contribution in [0.15, 0.2) is 53.2 Å². The van der Waals surface area contributed by atoms with Crippen LogP contribution in [0.25, 0.3) is 11.3 Å². The molecule has 0 aliphatic rings. The van der Waals surface area contributed by atoms with Crippen molar-refractivity contribution in [1.29, 1.82) is 0 Å². The Bertz CT molecular complexity index is 906. The largest absolute Gasteiger partial charge is 0.433 e. The normalized spacial score (nSPS) is 11.4. The van der Waals surface area contributed by atoms with Crippen LogP contribution < -0.4 is 5.32 Å². The van der Waals surface area contributed by atoms with Gasteiger partial charge in [-0.2, -0.15) is 13.2 Å². The van der Waals surface area contributed by atoms with E-state index in [-0.39, 0.29) is 12.1 Å². The lowest BCUT2D eigenvalue weighted by Crippen LogP contribution is -2.23. The van der Waals surface area contributed by atoms with E-state index in [4.69, 9.17) is 16.1 Å². The smallest absolute Gasteiger partial charge is 0.359 e. The van der Waals surface area contributed by atoms with Crippen molar-refractivity contribution in [2.75, 3.05) is 0 Å². The number of hydrogen-bond donors (Lipinski definition) is 1. The number of carbonyl (C=O) groups excluding carboxylic acids is 1. The zero-order valence-corrected chi connectivity index (χ0v) is 13.8. The Morgan fingerprint density at radius 1 is 1.15 bits per heavy atom. The van der Waals surface area contributed by atoms with Gasteiger partial charge in [0, 0.05) is 22.8 Å². The highest BCUT2D eigenvalue weighted by molar-refractivity contribution is 6.30. The summed E-state index contributed by atoms with van der Waals surface area (Å²) >= 11 is 5.82. The van der Waals surface area contributed by atoms with E-state index in [1.807, 2.05) is 0 Å². The quantitative estimate of drug-likeness (QED) is 0.730. The standard InChI is InChI=1S/C17H11ClF3N3O2/c18-12-4-1-10(2-5-12)14-7-13(26-24-14)9-23-16(25)11-3-6-15(22-8-11)17(19,20)21/h1-8H,9H2,(H,23,25). The summed E-state index contributed by atoms with van der Waals surface area (Å²) in [5.74, 6) is -0.182. The monoisotopic (exact) mass is 381 g/mol. The van der Waals surface area contributed by atoms with E-state index in [0.717, 1.165) is 23.9 Å². The lowest BCUT2D eigenvalue weighted by molar-refractivity contribution is -0.141. The molecule has 2 aromatic heterocycles. The van der Waals surface area contributed by atoms with Crippen LogP contribution in [0.4, 0.5) is 13.2 Å². The number of aromatic nitrogens is 2. The minimum Gasteiger partial charge on any atom is -0.359 e. The van der Waals surface area contributed by atoms with Gasteiger partial charge in [0.15, 0.2) is 5.76 Å². The molecule has 0 aliphatic carbocycles. The molecule has 0 saturated heterocycles. The van der Waals surface area contributed by atoms with Crippen molar-refractivity contribution in [2.45, 2.75) is 12.7 Å². The Balaban J connectivity index is 1.62. The van der Waals surface area contributed by atoms with Crippen molar-refractivity contribution in [3.05, 3.63) is 70.7 Å². The number of pyridine rings is 1. The van der Waals surface area contributed by atoms with Gasteiger partial charge >= 0.3 is 6.18 Å². The van der Waals surface area contributed by atoms with Gasteiger partial charge in [-0.3, -0.25) is 9.78 Å². The van der Waals surface area contributed by atoms with Crippen LogP contribution in [0.5, 0.6) is 0 Å². The van der Waals surface area contributed by atoms with E-state index in [9.17, 15) is 18.0 Å². The Labute approximate surface area is 150 Å². The second-order valence-electron chi connectivity index (χ2n) is 5.30. The van der Waals surface area contributed by atoms with Gasteiger partial charge in [0.05, 0.1) is 12.1 Å². The van der Waals surface area contributed by atoms with Gasteiger partial charge < -0.3 is 9.84 Å². The average molecular weight is 382 g/mol. The highest BCUT2D eigenvalue weighted by Gasteiger charge is 2.32. The van der Waals surface area contributed by atoms with E-state index in [1.54, 1.807) is 30.3 Å². The fourth-order valence-corrected chi connectivity index (χ4v) is 2.24. The molecule has 0 spiro atoms. The highest BCUT2D eigenvalue weighted by atomic mass is 35.5. The molecule has 134 valence electrons. The minimum absolute atomic E-state index is 0.00967. The molecule has 0 fully saturated rings. The first-order chi connectivity index (χ1) is 12.3. The van der Waals surface area contributed by atoms with Gasteiger partial charge in [-0.15, -0.1) is 0 Å². The number of nitrogens with zero attached hydrogens (tertiary/aromatic N) is 2. The van der Waals surface area contributed by atoms with E-state index < -0.39 is 17.8 Å². The van der Waals surface area contributed by atoms with Crippen molar-refractivity contribution in [1.82, 2.24) is 15.5 Å². The number of halogens is 4. The van der Waals surface area contributed by atoms with Crippen molar-refractivity contribution in [3.63, 3.8) is 0 Å². The molecule has 0 radical (unpaired) electrons. The summed E-state index contributed by atoms with van der Waals surface area (Å²) in [5.41, 5.74) is 0.317. The number of carbonyl (C=O) groups is 1. The van der Waals surface area contributed by atoms with Crippen molar-refractivity contribution < 1.29 is 22.5 Å². The summed E-state index contributed by atoms with van der Waals surface area (Å²) in [5, 5.41) is 7.02. The van der Waals surface area contributed by atoms with Gasteiger partial charge in [0.25, 0.3) is 5.91 Å². The van der Waals surface area contributed by atoms with Gasteiger partial charge in [-0.05, 0) is 24.3 Å². The molecule has 0 atom stereocenters.